The minimum Gasteiger partial charge on any atom is -0.159 e. The van der Waals surface area contributed by atoms with Gasteiger partial charge in [-0.15, -0.1) is 0 Å². The SMILES string of the molecule is Cc1ccc(/C=N/N=C/c2cccc(Br)c2)cc1. The lowest BCUT2D eigenvalue weighted by Crippen LogP contribution is -1.81. The molecule has 2 nitrogen and oxygen atoms in total. The molecule has 0 fully saturated rings. The summed E-state index contributed by atoms with van der Waals surface area (Å²) in [7, 11) is 0. The number of nitrogens with zero attached hydrogens (tertiary/aromatic N) is 2. The molecule has 0 aliphatic rings. The molecule has 0 aromatic heterocycles. The summed E-state index contributed by atoms with van der Waals surface area (Å²) in [6, 6.07) is 16.1. The Morgan fingerprint density at radius 1 is 0.889 bits per heavy atom. The van der Waals surface area contributed by atoms with Gasteiger partial charge in [-0.3, -0.25) is 0 Å². The van der Waals surface area contributed by atoms with Gasteiger partial charge in [0.1, 0.15) is 0 Å². The Kier molecular flexibility index (Phi) is 4.42. The van der Waals surface area contributed by atoms with E-state index in [1.807, 2.05) is 36.4 Å². The van der Waals surface area contributed by atoms with Crippen LogP contribution in [0.5, 0.6) is 0 Å². The second kappa shape index (κ2) is 6.26. The Morgan fingerprint density at radius 3 is 2.22 bits per heavy atom. The molecule has 18 heavy (non-hydrogen) atoms. The van der Waals surface area contributed by atoms with Crippen molar-refractivity contribution in [2.45, 2.75) is 6.92 Å². The molecule has 2 rings (SSSR count). The average molecular weight is 301 g/mol. The van der Waals surface area contributed by atoms with E-state index < -0.39 is 0 Å². The minimum atomic E-state index is 1.02. The summed E-state index contributed by atoms with van der Waals surface area (Å²) in [4.78, 5) is 0. The average Bonchev–Trinajstić information content (AvgIpc) is 2.37. The van der Waals surface area contributed by atoms with Gasteiger partial charge in [-0.1, -0.05) is 57.9 Å². The molecular weight excluding hydrogens is 288 g/mol. The van der Waals surface area contributed by atoms with Gasteiger partial charge in [0.05, 0.1) is 12.4 Å². The van der Waals surface area contributed by atoms with Crippen LogP contribution in [-0.4, -0.2) is 12.4 Å². The van der Waals surface area contributed by atoms with Crippen LogP contribution < -0.4 is 0 Å². The predicted octanol–water partition coefficient (Wildman–Crippen LogP) is 4.21. The van der Waals surface area contributed by atoms with E-state index in [9.17, 15) is 0 Å². The van der Waals surface area contributed by atoms with Gasteiger partial charge >= 0.3 is 0 Å². The largest absolute Gasteiger partial charge is 0.159 e. The van der Waals surface area contributed by atoms with Crippen LogP contribution in [0.3, 0.4) is 0 Å². The number of hydrogen-bond acceptors (Lipinski definition) is 2. The fourth-order valence-electron chi connectivity index (χ4n) is 1.44. The summed E-state index contributed by atoms with van der Waals surface area (Å²) < 4.78 is 1.04. The van der Waals surface area contributed by atoms with Crippen molar-refractivity contribution in [3.63, 3.8) is 0 Å². The van der Waals surface area contributed by atoms with E-state index in [4.69, 9.17) is 0 Å². The van der Waals surface area contributed by atoms with Crippen LogP contribution in [0.1, 0.15) is 16.7 Å². The molecule has 0 saturated heterocycles. The molecule has 0 spiro atoms. The summed E-state index contributed by atoms with van der Waals surface area (Å²) >= 11 is 3.41. The summed E-state index contributed by atoms with van der Waals surface area (Å²) in [5.74, 6) is 0. The number of benzene rings is 2. The minimum absolute atomic E-state index is 1.02. The van der Waals surface area contributed by atoms with Crippen LogP contribution in [0.4, 0.5) is 0 Å². The number of aryl methyl sites for hydroxylation is 1. The van der Waals surface area contributed by atoms with E-state index in [1.54, 1.807) is 12.4 Å². The smallest absolute Gasteiger partial charge is 0.0568 e. The number of hydrogen-bond donors (Lipinski definition) is 0. The van der Waals surface area contributed by atoms with Crippen LogP contribution in [0, 0.1) is 6.92 Å². The monoisotopic (exact) mass is 300 g/mol. The first-order valence-electron chi connectivity index (χ1n) is 5.63. The Labute approximate surface area is 115 Å². The van der Waals surface area contributed by atoms with Crippen LogP contribution in [0.15, 0.2) is 63.2 Å². The molecule has 3 heteroatoms. The normalized spacial score (nSPS) is 11.4. The Morgan fingerprint density at radius 2 is 1.56 bits per heavy atom. The van der Waals surface area contributed by atoms with Gasteiger partial charge in [0.15, 0.2) is 0 Å². The molecule has 2 aromatic rings. The second-order valence-electron chi connectivity index (χ2n) is 3.95. The van der Waals surface area contributed by atoms with E-state index in [0.717, 1.165) is 15.6 Å². The Bertz CT molecular complexity index is 571. The second-order valence-corrected chi connectivity index (χ2v) is 4.87. The van der Waals surface area contributed by atoms with Crippen LogP contribution >= 0.6 is 15.9 Å². The molecule has 0 unspecified atom stereocenters. The van der Waals surface area contributed by atoms with E-state index in [-0.39, 0.29) is 0 Å². The highest BCUT2D eigenvalue weighted by Crippen LogP contribution is 2.09. The van der Waals surface area contributed by atoms with Crippen molar-refractivity contribution in [1.82, 2.24) is 0 Å². The molecule has 2 aromatic carbocycles. The van der Waals surface area contributed by atoms with Crippen molar-refractivity contribution in [3.8, 4) is 0 Å². The van der Waals surface area contributed by atoms with E-state index in [0.29, 0.717) is 0 Å². The molecular formula is C15H13BrN2. The van der Waals surface area contributed by atoms with E-state index in [2.05, 4.69) is 45.2 Å². The summed E-state index contributed by atoms with van der Waals surface area (Å²) in [6.07, 6.45) is 3.48. The van der Waals surface area contributed by atoms with Crippen molar-refractivity contribution in [1.29, 1.82) is 0 Å². The molecule has 0 saturated carbocycles. The molecule has 0 aliphatic heterocycles. The Balaban J connectivity index is 2.01. The molecule has 90 valence electrons. The first-order valence-corrected chi connectivity index (χ1v) is 6.42. The van der Waals surface area contributed by atoms with Crippen LogP contribution in [0.2, 0.25) is 0 Å². The van der Waals surface area contributed by atoms with Crippen LogP contribution in [0.25, 0.3) is 0 Å². The zero-order chi connectivity index (χ0) is 12.8. The zero-order valence-corrected chi connectivity index (χ0v) is 11.6. The maximum Gasteiger partial charge on any atom is 0.0568 e. The van der Waals surface area contributed by atoms with Gasteiger partial charge < -0.3 is 0 Å². The van der Waals surface area contributed by atoms with Gasteiger partial charge in [0.25, 0.3) is 0 Å². The fraction of sp³-hybridized carbons (Fsp3) is 0.0667. The van der Waals surface area contributed by atoms with Gasteiger partial charge in [-0.25, -0.2) is 0 Å². The van der Waals surface area contributed by atoms with Crippen molar-refractivity contribution in [2.24, 2.45) is 10.2 Å². The first kappa shape index (κ1) is 12.7. The molecule has 0 amide bonds. The number of rotatable bonds is 3. The lowest BCUT2D eigenvalue weighted by molar-refractivity contribution is 1.26. The van der Waals surface area contributed by atoms with Gasteiger partial charge in [-0.2, -0.15) is 10.2 Å². The number of halogens is 1. The lowest BCUT2D eigenvalue weighted by atomic mass is 10.2. The first-order chi connectivity index (χ1) is 8.74. The summed E-state index contributed by atoms with van der Waals surface area (Å²) in [5, 5.41) is 8.05. The third-order valence-corrected chi connectivity index (χ3v) is 2.90. The molecule has 0 heterocycles. The highest BCUT2D eigenvalue weighted by molar-refractivity contribution is 9.10. The van der Waals surface area contributed by atoms with E-state index in [1.165, 1.54) is 5.56 Å². The summed E-state index contributed by atoms with van der Waals surface area (Å²) in [5.41, 5.74) is 3.31. The molecule has 0 N–H and O–H groups in total. The molecule has 0 radical (unpaired) electrons. The molecule has 0 atom stereocenters. The van der Waals surface area contributed by atoms with E-state index >= 15 is 0 Å². The molecule has 0 bridgehead atoms. The third kappa shape index (κ3) is 3.93. The van der Waals surface area contributed by atoms with Gasteiger partial charge in [-0.05, 0) is 30.2 Å². The fourth-order valence-corrected chi connectivity index (χ4v) is 1.86. The van der Waals surface area contributed by atoms with Crippen molar-refractivity contribution >= 4 is 28.4 Å². The maximum absolute atomic E-state index is 4.03. The van der Waals surface area contributed by atoms with Crippen molar-refractivity contribution in [2.75, 3.05) is 0 Å². The summed E-state index contributed by atoms with van der Waals surface area (Å²) in [6.45, 7) is 2.06. The quantitative estimate of drug-likeness (QED) is 0.599. The topological polar surface area (TPSA) is 24.7 Å². The van der Waals surface area contributed by atoms with Crippen LogP contribution in [-0.2, 0) is 0 Å². The highest BCUT2D eigenvalue weighted by atomic mass is 79.9. The van der Waals surface area contributed by atoms with Gasteiger partial charge in [0.2, 0.25) is 0 Å². The van der Waals surface area contributed by atoms with Crippen molar-refractivity contribution < 1.29 is 0 Å². The standard InChI is InChI=1S/C15H13BrN2/c1-12-5-7-13(8-6-12)10-17-18-11-14-3-2-4-15(16)9-14/h2-11H,1H3/b17-10+,18-11+. The van der Waals surface area contributed by atoms with Crippen molar-refractivity contribution in [3.05, 3.63) is 69.7 Å². The lowest BCUT2D eigenvalue weighted by Gasteiger charge is -1.93. The maximum atomic E-state index is 4.03. The molecule has 0 aliphatic carbocycles. The zero-order valence-electron chi connectivity index (χ0n) is 10.0. The Hall–Kier alpha value is -1.74. The predicted molar refractivity (Wildman–Crippen MR) is 80.5 cm³/mol. The third-order valence-electron chi connectivity index (χ3n) is 2.41. The highest BCUT2D eigenvalue weighted by Gasteiger charge is 1.89. The van der Waals surface area contributed by atoms with Gasteiger partial charge in [0, 0.05) is 4.47 Å².